The predicted octanol–water partition coefficient (Wildman–Crippen LogP) is 5.09. The zero-order valence-electron chi connectivity index (χ0n) is 10.6. The average molecular weight is 218 g/mol. The molecule has 0 aromatic heterocycles. The molecule has 3 aliphatic carbocycles. The van der Waals surface area contributed by atoms with Gasteiger partial charge in [0.05, 0.1) is 0 Å². The summed E-state index contributed by atoms with van der Waals surface area (Å²) < 4.78 is 0. The molecule has 2 saturated carbocycles. The molecular weight excluding hydrogens is 192 g/mol. The van der Waals surface area contributed by atoms with E-state index in [4.69, 9.17) is 0 Å². The maximum absolute atomic E-state index is 2.62. The molecule has 3 atom stereocenters. The van der Waals surface area contributed by atoms with Crippen molar-refractivity contribution < 1.29 is 0 Å². The van der Waals surface area contributed by atoms with E-state index in [1.54, 1.807) is 19.3 Å². The Morgan fingerprint density at radius 2 is 1.69 bits per heavy atom. The summed E-state index contributed by atoms with van der Waals surface area (Å²) in [6, 6.07) is 0. The summed E-state index contributed by atoms with van der Waals surface area (Å²) in [7, 11) is 0. The Bertz CT molecular complexity index is 261. The summed E-state index contributed by atoms with van der Waals surface area (Å²) in [6.07, 6.45) is 19.1. The predicted molar refractivity (Wildman–Crippen MR) is 69.3 cm³/mol. The first-order chi connectivity index (χ1) is 7.95. The van der Waals surface area contributed by atoms with E-state index in [1.165, 1.54) is 51.4 Å². The fraction of sp³-hybridized carbons (Fsp3) is 0.875. The molecule has 90 valence electrons. The van der Waals surface area contributed by atoms with Crippen molar-refractivity contribution in [2.75, 3.05) is 0 Å². The van der Waals surface area contributed by atoms with Crippen LogP contribution < -0.4 is 0 Å². The van der Waals surface area contributed by atoms with Gasteiger partial charge in [0.15, 0.2) is 0 Å². The van der Waals surface area contributed by atoms with Crippen LogP contribution in [0.5, 0.6) is 0 Å². The Morgan fingerprint density at radius 1 is 0.812 bits per heavy atom. The van der Waals surface area contributed by atoms with Crippen molar-refractivity contribution in [2.24, 2.45) is 17.8 Å². The highest BCUT2D eigenvalue weighted by Gasteiger charge is 2.36. The first-order valence-corrected chi connectivity index (χ1v) is 7.64. The number of allylic oxidation sites excluding steroid dienone is 2. The minimum Gasteiger partial charge on any atom is -0.0850 e. The Hall–Kier alpha value is -0.260. The lowest BCUT2D eigenvalue weighted by Crippen LogP contribution is -2.32. The van der Waals surface area contributed by atoms with Crippen molar-refractivity contribution in [1.82, 2.24) is 0 Å². The van der Waals surface area contributed by atoms with Crippen molar-refractivity contribution in [2.45, 2.75) is 70.6 Å². The summed E-state index contributed by atoms with van der Waals surface area (Å²) in [5.74, 6) is 3.21. The molecule has 16 heavy (non-hydrogen) atoms. The molecule has 3 aliphatic rings. The number of fused-ring (bicyclic) bond motifs is 1. The van der Waals surface area contributed by atoms with Gasteiger partial charge >= 0.3 is 0 Å². The Labute approximate surface area is 101 Å². The van der Waals surface area contributed by atoms with Crippen LogP contribution in [0.1, 0.15) is 70.6 Å². The Morgan fingerprint density at radius 3 is 2.56 bits per heavy atom. The zero-order chi connectivity index (χ0) is 10.8. The van der Waals surface area contributed by atoms with E-state index < -0.39 is 0 Å². The van der Waals surface area contributed by atoms with Crippen molar-refractivity contribution in [1.29, 1.82) is 0 Å². The van der Waals surface area contributed by atoms with Crippen LogP contribution in [0.3, 0.4) is 0 Å². The summed E-state index contributed by atoms with van der Waals surface area (Å²) >= 11 is 0. The monoisotopic (exact) mass is 218 g/mol. The molecule has 0 nitrogen and oxygen atoms in total. The average Bonchev–Trinajstić information content (AvgIpc) is 2.39. The van der Waals surface area contributed by atoms with E-state index >= 15 is 0 Å². The van der Waals surface area contributed by atoms with Gasteiger partial charge < -0.3 is 0 Å². The second kappa shape index (κ2) is 4.94. The summed E-state index contributed by atoms with van der Waals surface area (Å²) in [6.45, 7) is 0. The molecule has 0 heterocycles. The van der Waals surface area contributed by atoms with Crippen molar-refractivity contribution in [3.05, 3.63) is 11.6 Å². The lowest BCUT2D eigenvalue weighted by atomic mass is 9.62. The summed E-state index contributed by atoms with van der Waals surface area (Å²) in [4.78, 5) is 0. The second-order valence-electron chi connectivity index (χ2n) is 6.27. The van der Waals surface area contributed by atoms with E-state index in [0.29, 0.717) is 0 Å². The molecule has 0 bridgehead atoms. The van der Waals surface area contributed by atoms with Gasteiger partial charge in [0.1, 0.15) is 0 Å². The molecule has 0 saturated heterocycles. The number of hydrogen-bond acceptors (Lipinski definition) is 0. The molecule has 0 amide bonds. The lowest BCUT2D eigenvalue weighted by molar-refractivity contribution is 0.120. The van der Waals surface area contributed by atoms with Crippen molar-refractivity contribution >= 4 is 0 Å². The van der Waals surface area contributed by atoms with E-state index in [1.807, 2.05) is 5.57 Å². The minimum absolute atomic E-state index is 1.01. The largest absolute Gasteiger partial charge is 0.0850 e. The second-order valence-corrected chi connectivity index (χ2v) is 6.27. The molecule has 2 fully saturated rings. The maximum atomic E-state index is 2.62. The molecule has 0 N–H and O–H groups in total. The molecule has 0 aliphatic heterocycles. The van der Waals surface area contributed by atoms with E-state index in [9.17, 15) is 0 Å². The highest BCUT2D eigenvalue weighted by Crippen LogP contribution is 2.47. The van der Waals surface area contributed by atoms with E-state index in [0.717, 1.165) is 17.8 Å². The topological polar surface area (TPSA) is 0 Å². The van der Waals surface area contributed by atoms with Gasteiger partial charge in [0.25, 0.3) is 0 Å². The first kappa shape index (κ1) is 10.9. The third kappa shape index (κ3) is 2.08. The lowest BCUT2D eigenvalue weighted by Gasteiger charge is -2.43. The quantitative estimate of drug-likeness (QED) is 0.538. The summed E-state index contributed by atoms with van der Waals surface area (Å²) in [5, 5.41) is 0. The molecule has 0 aromatic carbocycles. The fourth-order valence-corrected chi connectivity index (χ4v) is 4.60. The first-order valence-electron chi connectivity index (χ1n) is 7.64. The van der Waals surface area contributed by atoms with Gasteiger partial charge in [-0.2, -0.15) is 0 Å². The van der Waals surface area contributed by atoms with Gasteiger partial charge in [-0.3, -0.25) is 0 Å². The molecule has 3 rings (SSSR count). The molecule has 3 unspecified atom stereocenters. The van der Waals surface area contributed by atoms with Crippen molar-refractivity contribution in [3.63, 3.8) is 0 Å². The fourth-order valence-electron chi connectivity index (χ4n) is 4.60. The van der Waals surface area contributed by atoms with Gasteiger partial charge in [-0.15, -0.1) is 0 Å². The minimum atomic E-state index is 1.01. The SMILES string of the molecule is C1=C(C2CCCC3CCCCC32)CCCC1. The van der Waals surface area contributed by atoms with Crippen LogP contribution in [0.4, 0.5) is 0 Å². The van der Waals surface area contributed by atoms with Gasteiger partial charge in [-0.25, -0.2) is 0 Å². The number of hydrogen-bond donors (Lipinski definition) is 0. The highest BCUT2D eigenvalue weighted by atomic mass is 14.4. The van der Waals surface area contributed by atoms with E-state index in [-0.39, 0.29) is 0 Å². The Balaban J connectivity index is 1.74. The molecule has 0 radical (unpaired) electrons. The standard InChI is InChI=1S/C16H26/c1-2-7-13(8-3-1)16-12-6-10-14-9-4-5-11-15(14)16/h7,14-16H,1-6,8-12H2. The van der Waals surface area contributed by atoms with Crippen LogP contribution in [0.2, 0.25) is 0 Å². The van der Waals surface area contributed by atoms with Crippen LogP contribution >= 0.6 is 0 Å². The van der Waals surface area contributed by atoms with Gasteiger partial charge in [0.2, 0.25) is 0 Å². The van der Waals surface area contributed by atoms with Crippen LogP contribution in [-0.2, 0) is 0 Å². The van der Waals surface area contributed by atoms with E-state index in [2.05, 4.69) is 6.08 Å². The maximum Gasteiger partial charge on any atom is -0.0172 e. The third-order valence-electron chi connectivity index (χ3n) is 5.38. The van der Waals surface area contributed by atoms with Crippen LogP contribution in [-0.4, -0.2) is 0 Å². The third-order valence-corrected chi connectivity index (χ3v) is 5.38. The summed E-state index contributed by atoms with van der Waals surface area (Å²) in [5.41, 5.74) is 1.88. The smallest absolute Gasteiger partial charge is 0.0172 e. The van der Waals surface area contributed by atoms with Gasteiger partial charge in [-0.05, 0) is 56.3 Å². The molecule has 0 heteroatoms. The van der Waals surface area contributed by atoms with Crippen LogP contribution in [0.15, 0.2) is 11.6 Å². The molecule has 0 spiro atoms. The van der Waals surface area contributed by atoms with Crippen LogP contribution in [0.25, 0.3) is 0 Å². The highest BCUT2D eigenvalue weighted by molar-refractivity contribution is 5.12. The Kier molecular flexibility index (Phi) is 3.35. The van der Waals surface area contributed by atoms with Crippen molar-refractivity contribution in [3.8, 4) is 0 Å². The number of rotatable bonds is 1. The van der Waals surface area contributed by atoms with Gasteiger partial charge in [0, 0.05) is 0 Å². The zero-order valence-corrected chi connectivity index (χ0v) is 10.6. The normalized spacial score (nSPS) is 40.0. The van der Waals surface area contributed by atoms with Gasteiger partial charge in [-0.1, -0.05) is 43.8 Å². The van der Waals surface area contributed by atoms with Crippen LogP contribution in [0, 0.1) is 17.8 Å². The molecular formula is C16H26. The molecule has 0 aromatic rings.